The Balaban J connectivity index is 1.14. The minimum Gasteiger partial charge on any atom is -0.308 e. The van der Waals surface area contributed by atoms with Gasteiger partial charge in [-0.15, -0.1) is 0 Å². The first-order valence-electron chi connectivity index (χ1n) is 20.2. The number of aromatic nitrogens is 5. The Morgan fingerprint density at radius 3 is 1.59 bits per heavy atom. The lowest BCUT2D eigenvalue weighted by Gasteiger charge is -2.15. The van der Waals surface area contributed by atoms with E-state index in [1.165, 1.54) is 60.5 Å². The predicted molar refractivity (Wildman–Crippen MR) is 244 cm³/mol. The number of rotatable bonds is 2. The van der Waals surface area contributed by atoms with Crippen molar-refractivity contribution >= 4 is 87.1 Å². The summed E-state index contributed by atoms with van der Waals surface area (Å²) in [6.07, 6.45) is 0. The molecule has 0 aliphatic carbocycles. The highest BCUT2D eigenvalue weighted by molar-refractivity contribution is 6.22. The molecule has 0 fully saturated rings. The van der Waals surface area contributed by atoms with Crippen molar-refractivity contribution in [3.63, 3.8) is 0 Å². The van der Waals surface area contributed by atoms with E-state index in [1.54, 1.807) is 0 Å². The van der Waals surface area contributed by atoms with E-state index in [0.29, 0.717) is 5.95 Å². The van der Waals surface area contributed by atoms with Gasteiger partial charge in [0.15, 0.2) is 5.82 Å². The van der Waals surface area contributed by atoms with E-state index in [0.717, 1.165) is 60.3 Å². The molecule has 272 valence electrons. The molecule has 13 aromatic rings. The molecule has 0 N–H and O–H groups in total. The number of hydrogen-bond acceptors (Lipinski definition) is 2. The lowest BCUT2D eigenvalue weighted by Crippen LogP contribution is -2.07. The van der Waals surface area contributed by atoms with Gasteiger partial charge in [0.1, 0.15) is 0 Å². The van der Waals surface area contributed by atoms with Gasteiger partial charge in [-0.25, -0.2) is 4.98 Å². The molecular weight excluding hydrogens is 719 g/mol. The van der Waals surface area contributed by atoms with Crippen LogP contribution >= 0.6 is 0 Å². The minimum absolute atomic E-state index is 0.639. The van der Waals surface area contributed by atoms with Crippen LogP contribution < -0.4 is 0 Å². The number of benzene rings is 9. The Labute approximate surface area is 337 Å². The molecule has 0 atom stereocenters. The summed E-state index contributed by atoms with van der Waals surface area (Å²) in [5, 5.41) is 10.5. The van der Waals surface area contributed by atoms with Crippen molar-refractivity contribution in [2.24, 2.45) is 0 Å². The second kappa shape index (κ2) is 11.3. The Hall–Kier alpha value is -8.02. The Kier molecular flexibility index (Phi) is 5.96. The van der Waals surface area contributed by atoms with E-state index in [1.807, 2.05) is 0 Å². The second-order valence-electron chi connectivity index (χ2n) is 15.7. The van der Waals surface area contributed by atoms with E-state index >= 15 is 0 Å². The third-order valence-corrected chi connectivity index (χ3v) is 12.8. The van der Waals surface area contributed by atoms with Gasteiger partial charge in [0.2, 0.25) is 5.95 Å². The summed E-state index contributed by atoms with van der Waals surface area (Å²) in [7, 11) is 0. The maximum Gasteiger partial charge on any atom is 0.237 e. The maximum absolute atomic E-state index is 5.70. The summed E-state index contributed by atoms with van der Waals surface area (Å²) in [5.74, 6) is 1.50. The van der Waals surface area contributed by atoms with Crippen LogP contribution in [0.5, 0.6) is 0 Å². The van der Waals surface area contributed by atoms with Gasteiger partial charge in [-0.1, -0.05) is 146 Å². The lowest BCUT2D eigenvalue weighted by atomic mass is 9.94. The maximum atomic E-state index is 5.70. The van der Waals surface area contributed by atoms with Crippen molar-refractivity contribution in [3.05, 3.63) is 188 Å². The monoisotopic (exact) mass is 749 g/mol. The van der Waals surface area contributed by atoms with Gasteiger partial charge in [0.05, 0.1) is 49.7 Å². The molecule has 0 saturated heterocycles. The smallest absolute Gasteiger partial charge is 0.237 e. The fourth-order valence-corrected chi connectivity index (χ4v) is 10.3. The lowest BCUT2D eigenvalue weighted by molar-refractivity contribution is 0.974. The SMILES string of the molecule is c1ccc2c(c1)-c1ccccc1-n1c3cc4c5ccccc5n(-c5nc(-n6c7ccccc7c7ccccc76)c6c(ccc7ccccc76)n5)c4cc3c3cccc-2c31. The molecule has 9 aromatic carbocycles. The fraction of sp³-hybridized carbons (Fsp3) is 0. The summed E-state index contributed by atoms with van der Waals surface area (Å²) in [6, 6.07) is 68.2. The number of fused-ring (bicyclic) bond motifs is 17. The van der Waals surface area contributed by atoms with E-state index in [2.05, 4.69) is 202 Å². The van der Waals surface area contributed by atoms with Crippen LogP contribution in [0.25, 0.3) is 127 Å². The number of hydrogen-bond donors (Lipinski definition) is 0. The van der Waals surface area contributed by atoms with Gasteiger partial charge >= 0.3 is 0 Å². The molecule has 0 saturated carbocycles. The van der Waals surface area contributed by atoms with Gasteiger partial charge in [0, 0.05) is 43.4 Å². The summed E-state index contributed by atoms with van der Waals surface area (Å²) in [4.78, 5) is 11.2. The molecular formula is C54H31N5. The van der Waals surface area contributed by atoms with Crippen molar-refractivity contribution in [2.45, 2.75) is 0 Å². The van der Waals surface area contributed by atoms with Crippen molar-refractivity contribution in [3.8, 4) is 39.7 Å². The summed E-state index contributed by atoms with van der Waals surface area (Å²) in [6.45, 7) is 0. The van der Waals surface area contributed by atoms with Gasteiger partial charge < -0.3 is 4.57 Å². The molecule has 0 radical (unpaired) electrons. The van der Waals surface area contributed by atoms with E-state index < -0.39 is 0 Å². The molecule has 4 aromatic heterocycles. The van der Waals surface area contributed by atoms with Crippen molar-refractivity contribution in [1.29, 1.82) is 0 Å². The first-order chi connectivity index (χ1) is 29.3. The zero-order valence-corrected chi connectivity index (χ0v) is 31.6. The van der Waals surface area contributed by atoms with Crippen LogP contribution in [0.2, 0.25) is 0 Å². The number of para-hydroxylation sites is 5. The van der Waals surface area contributed by atoms with Crippen molar-refractivity contribution < 1.29 is 0 Å². The van der Waals surface area contributed by atoms with Crippen LogP contribution in [-0.2, 0) is 0 Å². The molecule has 5 nitrogen and oxygen atoms in total. The molecule has 0 amide bonds. The van der Waals surface area contributed by atoms with Crippen molar-refractivity contribution in [2.75, 3.05) is 0 Å². The normalized spacial score (nSPS) is 12.4. The van der Waals surface area contributed by atoms with Crippen LogP contribution in [0.15, 0.2) is 188 Å². The molecule has 5 heterocycles. The van der Waals surface area contributed by atoms with Gasteiger partial charge in [-0.2, -0.15) is 4.98 Å². The Morgan fingerprint density at radius 2 is 0.847 bits per heavy atom. The first-order valence-corrected chi connectivity index (χ1v) is 20.2. The van der Waals surface area contributed by atoms with Crippen LogP contribution in [0.4, 0.5) is 0 Å². The standard InChI is InChI=1S/C54H31N5/c1-2-15-33-32(14-1)28-29-44-51(33)53(58-46-25-10-6-19-37(46)38-20-7-11-26-47(38)58)56-54(55-44)59-48-27-12-8-21-39(48)42-30-49-43(31-50(42)59)41-23-13-22-40-35-17-4-3-16-34(35)36-18-5-9-24-45(36)57(49)52(40)41/h1-31H. The van der Waals surface area contributed by atoms with Crippen LogP contribution in [0.1, 0.15) is 0 Å². The molecule has 1 aliphatic rings. The summed E-state index contributed by atoms with van der Waals surface area (Å²) in [5.41, 5.74) is 13.8. The highest BCUT2D eigenvalue weighted by Crippen LogP contribution is 2.48. The van der Waals surface area contributed by atoms with Crippen LogP contribution in [0, 0.1) is 0 Å². The average molecular weight is 750 g/mol. The third-order valence-electron chi connectivity index (χ3n) is 12.8. The molecule has 14 rings (SSSR count). The largest absolute Gasteiger partial charge is 0.308 e. The third kappa shape index (κ3) is 4.03. The summed E-state index contributed by atoms with van der Waals surface area (Å²) >= 11 is 0. The van der Waals surface area contributed by atoms with Crippen LogP contribution in [-0.4, -0.2) is 23.7 Å². The highest BCUT2D eigenvalue weighted by Gasteiger charge is 2.27. The summed E-state index contributed by atoms with van der Waals surface area (Å²) < 4.78 is 7.14. The van der Waals surface area contributed by atoms with Gasteiger partial charge in [0.25, 0.3) is 0 Å². The molecule has 0 unspecified atom stereocenters. The van der Waals surface area contributed by atoms with Crippen LogP contribution in [0.3, 0.4) is 0 Å². The predicted octanol–water partition coefficient (Wildman–Crippen LogP) is 13.7. The average Bonchev–Trinajstić information content (AvgIpc) is 3.90. The molecule has 0 bridgehead atoms. The molecule has 59 heavy (non-hydrogen) atoms. The number of nitrogens with zero attached hydrogens (tertiary/aromatic N) is 5. The topological polar surface area (TPSA) is 40.6 Å². The molecule has 1 aliphatic heterocycles. The quantitative estimate of drug-likeness (QED) is 0.165. The van der Waals surface area contributed by atoms with Gasteiger partial charge in [-0.3, -0.25) is 9.13 Å². The first kappa shape index (κ1) is 31.1. The molecule has 0 spiro atoms. The van der Waals surface area contributed by atoms with E-state index in [4.69, 9.17) is 9.97 Å². The zero-order chi connectivity index (χ0) is 38.3. The molecule has 5 heteroatoms. The van der Waals surface area contributed by atoms with Gasteiger partial charge in [-0.05, 0) is 64.4 Å². The van der Waals surface area contributed by atoms with E-state index in [-0.39, 0.29) is 0 Å². The highest BCUT2D eigenvalue weighted by atomic mass is 15.2. The van der Waals surface area contributed by atoms with Crippen molar-refractivity contribution in [1.82, 2.24) is 23.7 Å². The second-order valence-corrected chi connectivity index (χ2v) is 15.7. The fourth-order valence-electron chi connectivity index (χ4n) is 10.3. The zero-order valence-electron chi connectivity index (χ0n) is 31.6. The Bertz CT molecular complexity index is 3920. The minimum atomic E-state index is 0.639. The Morgan fingerprint density at radius 1 is 0.322 bits per heavy atom. The van der Waals surface area contributed by atoms with E-state index in [9.17, 15) is 0 Å².